The molecule has 0 amide bonds. The third-order valence-electron chi connectivity index (χ3n) is 4.09. The Morgan fingerprint density at radius 1 is 1.21 bits per heavy atom. The molecule has 0 aliphatic rings. The van der Waals surface area contributed by atoms with Crippen LogP contribution in [0.1, 0.15) is 22.8 Å². The summed E-state index contributed by atoms with van der Waals surface area (Å²) in [4.78, 5) is 25.6. The highest BCUT2D eigenvalue weighted by molar-refractivity contribution is 9.10. The normalized spacial score (nSPS) is 10.9. The van der Waals surface area contributed by atoms with Gasteiger partial charge in [0.05, 0.1) is 30.3 Å². The summed E-state index contributed by atoms with van der Waals surface area (Å²) in [6.07, 6.45) is 3.25. The van der Waals surface area contributed by atoms with E-state index in [1.165, 1.54) is 10.6 Å². The van der Waals surface area contributed by atoms with Crippen molar-refractivity contribution in [2.45, 2.75) is 26.6 Å². The van der Waals surface area contributed by atoms with E-state index < -0.39 is 11.6 Å². The average Bonchev–Trinajstić information content (AvgIpc) is 2.69. The van der Waals surface area contributed by atoms with Gasteiger partial charge in [0.1, 0.15) is 28.5 Å². The number of aromatic nitrogens is 4. The number of aryl methyl sites for hydroxylation is 1. The van der Waals surface area contributed by atoms with Gasteiger partial charge in [0, 0.05) is 18.2 Å². The van der Waals surface area contributed by atoms with E-state index in [1.807, 2.05) is 7.05 Å². The largest absolute Gasteiger partial charge is 0.472 e. The molecule has 0 radical (unpaired) electrons. The molecule has 1 N–H and O–H groups in total. The van der Waals surface area contributed by atoms with Crippen LogP contribution in [0.15, 0.2) is 39.9 Å². The minimum absolute atomic E-state index is 0.0305. The van der Waals surface area contributed by atoms with Gasteiger partial charge in [-0.2, -0.15) is 4.98 Å². The van der Waals surface area contributed by atoms with Gasteiger partial charge < -0.3 is 10.1 Å². The number of halogens is 3. The smallest absolute Gasteiger partial charge is 0.272 e. The van der Waals surface area contributed by atoms with Crippen LogP contribution in [0.5, 0.6) is 5.88 Å². The van der Waals surface area contributed by atoms with Crippen LogP contribution in [-0.4, -0.2) is 26.6 Å². The number of hydrogen-bond acceptors (Lipinski definition) is 6. The van der Waals surface area contributed by atoms with Crippen LogP contribution in [0.2, 0.25) is 0 Å². The lowest BCUT2D eigenvalue weighted by atomic mass is 10.2. The maximum Gasteiger partial charge on any atom is 0.272 e. The summed E-state index contributed by atoms with van der Waals surface area (Å²) in [7, 11) is 1.82. The monoisotopic (exact) mass is 465 g/mol. The highest BCUT2D eigenvalue weighted by atomic mass is 79.9. The van der Waals surface area contributed by atoms with E-state index in [0.717, 1.165) is 17.8 Å². The van der Waals surface area contributed by atoms with E-state index in [2.05, 4.69) is 36.2 Å². The average molecular weight is 466 g/mol. The van der Waals surface area contributed by atoms with Crippen molar-refractivity contribution in [2.75, 3.05) is 7.05 Å². The Balaban J connectivity index is 1.79. The first-order valence-corrected chi connectivity index (χ1v) is 9.46. The zero-order chi connectivity index (χ0) is 21.0. The predicted octanol–water partition coefficient (Wildman–Crippen LogP) is 2.73. The number of nitrogens with one attached hydrogen (secondary N) is 1. The maximum absolute atomic E-state index is 13.8. The van der Waals surface area contributed by atoms with Crippen LogP contribution in [0, 0.1) is 18.6 Å². The van der Waals surface area contributed by atoms with Crippen LogP contribution in [0.3, 0.4) is 0 Å². The first-order valence-electron chi connectivity index (χ1n) is 8.67. The van der Waals surface area contributed by atoms with Gasteiger partial charge >= 0.3 is 0 Å². The quantitative estimate of drug-likeness (QED) is 0.577. The molecule has 0 aliphatic heterocycles. The number of nitrogens with zero attached hydrogens (tertiary/aromatic N) is 4. The lowest BCUT2D eigenvalue weighted by Gasteiger charge is -2.13. The summed E-state index contributed by atoms with van der Waals surface area (Å²) in [6.45, 7) is 2.25. The molecular formula is C19H18BrF2N5O2. The maximum atomic E-state index is 13.8. The molecule has 2 aromatic heterocycles. The van der Waals surface area contributed by atoms with Crippen LogP contribution in [0.25, 0.3) is 0 Å². The van der Waals surface area contributed by atoms with Crippen molar-refractivity contribution in [3.63, 3.8) is 0 Å². The Labute approximate surface area is 173 Å². The minimum atomic E-state index is -0.730. The fourth-order valence-electron chi connectivity index (χ4n) is 2.58. The predicted molar refractivity (Wildman–Crippen MR) is 106 cm³/mol. The highest BCUT2D eigenvalue weighted by Crippen LogP contribution is 2.21. The molecule has 10 heteroatoms. The van der Waals surface area contributed by atoms with Crippen LogP contribution in [0.4, 0.5) is 8.78 Å². The number of benzene rings is 1. The SMILES string of the molecule is CNCc1cnc(Cn2c(C)nc(OCc3ccc(F)cc3F)c(Br)c2=O)cn1. The summed E-state index contributed by atoms with van der Waals surface area (Å²) >= 11 is 3.20. The highest BCUT2D eigenvalue weighted by Gasteiger charge is 2.15. The molecule has 29 heavy (non-hydrogen) atoms. The molecule has 0 unspecified atom stereocenters. The number of ether oxygens (including phenoxy) is 1. The molecule has 0 saturated heterocycles. The van der Waals surface area contributed by atoms with E-state index in [9.17, 15) is 13.6 Å². The van der Waals surface area contributed by atoms with Crippen molar-refractivity contribution < 1.29 is 13.5 Å². The molecule has 0 bridgehead atoms. The van der Waals surface area contributed by atoms with Crippen LogP contribution >= 0.6 is 15.9 Å². The fourth-order valence-corrected chi connectivity index (χ4v) is 2.99. The van der Waals surface area contributed by atoms with E-state index in [4.69, 9.17) is 4.74 Å². The van der Waals surface area contributed by atoms with E-state index >= 15 is 0 Å². The van der Waals surface area contributed by atoms with Gasteiger partial charge in [-0.25, -0.2) is 8.78 Å². The summed E-state index contributed by atoms with van der Waals surface area (Å²) in [5, 5.41) is 2.99. The molecule has 0 atom stereocenters. The molecule has 1 aromatic carbocycles. The van der Waals surface area contributed by atoms with Crippen molar-refractivity contribution in [3.05, 3.63) is 79.8 Å². The van der Waals surface area contributed by atoms with Crippen LogP contribution in [-0.2, 0) is 19.7 Å². The van der Waals surface area contributed by atoms with Crippen LogP contribution < -0.4 is 15.6 Å². The Morgan fingerprint density at radius 2 is 1.93 bits per heavy atom. The Hall–Kier alpha value is -2.72. The summed E-state index contributed by atoms with van der Waals surface area (Å²) in [5.74, 6) is -0.977. The molecule has 0 aliphatic carbocycles. The second-order valence-electron chi connectivity index (χ2n) is 6.22. The van der Waals surface area contributed by atoms with Crippen molar-refractivity contribution in [1.29, 1.82) is 0 Å². The van der Waals surface area contributed by atoms with Gasteiger partial charge in [0.15, 0.2) is 0 Å². The number of rotatable bonds is 7. The molecule has 0 spiro atoms. The zero-order valence-electron chi connectivity index (χ0n) is 15.7. The summed E-state index contributed by atoms with van der Waals surface area (Å²) < 4.78 is 33.8. The first kappa shape index (κ1) is 21.0. The fraction of sp³-hybridized carbons (Fsp3) is 0.263. The molecule has 3 rings (SSSR count). The van der Waals surface area contributed by atoms with E-state index in [-0.39, 0.29) is 34.6 Å². The third kappa shape index (κ3) is 5.01. The van der Waals surface area contributed by atoms with Gasteiger partial charge in [-0.3, -0.25) is 19.3 Å². The van der Waals surface area contributed by atoms with Gasteiger partial charge in [0.25, 0.3) is 5.56 Å². The van der Waals surface area contributed by atoms with Gasteiger partial charge in [-0.05, 0) is 42.0 Å². The molecule has 3 aromatic rings. The second-order valence-corrected chi connectivity index (χ2v) is 7.02. The summed E-state index contributed by atoms with van der Waals surface area (Å²) in [6, 6.07) is 3.19. The minimum Gasteiger partial charge on any atom is -0.472 e. The number of hydrogen-bond donors (Lipinski definition) is 1. The third-order valence-corrected chi connectivity index (χ3v) is 4.77. The van der Waals surface area contributed by atoms with Crippen molar-refractivity contribution in [2.24, 2.45) is 0 Å². The Bertz CT molecular complexity index is 1070. The molecule has 0 saturated carbocycles. The first-order chi connectivity index (χ1) is 13.9. The Kier molecular flexibility index (Phi) is 6.65. The molecular weight excluding hydrogens is 448 g/mol. The van der Waals surface area contributed by atoms with Gasteiger partial charge in [-0.15, -0.1) is 0 Å². The molecule has 2 heterocycles. The lowest BCUT2D eigenvalue weighted by molar-refractivity contribution is 0.282. The standard InChI is InChI=1S/C19H18BrF2N5O2/c1-11-26-18(29-10-12-3-4-13(21)5-16(12)22)17(20)19(28)27(11)9-15-8-24-14(6-23-2)7-25-15/h3-5,7-8,23H,6,9-10H2,1-2H3. The van der Waals surface area contributed by atoms with Crippen molar-refractivity contribution in [1.82, 2.24) is 24.8 Å². The molecule has 0 fully saturated rings. The lowest BCUT2D eigenvalue weighted by Crippen LogP contribution is -2.26. The van der Waals surface area contributed by atoms with E-state index in [0.29, 0.717) is 18.1 Å². The topological polar surface area (TPSA) is 81.9 Å². The van der Waals surface area contributed by atoms with Gasteiger partial charge in [0.2, 0.25) is 5.88 Å². The van der Waals surface area contributed by atoms with Gasteiger partial charge in [-0.1, -0.05) is 0 Å². The molecule has 152 valence electrons. The van der Waals surface area contributed by atoms with E-state index in [1.54, 1.807) is 19.3 Å². The Morgan fingerprint density at radius 3 is 2.59 bits per heavy atom. The van der Waals surface area contributed by atoms with Crippen molar-refractivity contribution in [3.8, 4) is 5.88 Å². The summed E-state index contributed by atoms with van der Waals surface area (Å²) in [5.41, 5.74) is 1.18. The second kappa shape index (κ2) is 9.19. The molecule has 7 nitrogen and oxygen atoms in total. The zero-order valence-corrected chi connectivity index (χ0v) is 17.3. The van der Waals surface area contributed by atoms with Crippen molar-refractivity contribution >= 4 is 15.9 Å².